The Morgan fingerprint density at radius 2 is 2.05 bits per heavy atom. The molecule has 0 saturated heterocycles. The molecule has 0 aliphatic heterocycles. The van der Waals surface area contributed by atoms with Gasteiger partial charge < -0.3 is 4.42 Å². The van der Waals surface area contributed by atoms with Gasteiger partial charge in [0.25, 0.3) is 0 Å². The van der Waals surface area contributed by atoms with Gasteiger partial charge in [-0.15, -0.1) is 11.3 Å². The third kappa shape index (κ3) is 3.08. The fourth-order valence-electron chi connectivity index (χ4n) is 1.91. The third-order valence-electron chi connectivity index (χ3n) is 2.94. The number of nitrogens with zero attached hydrogens (tertiary/aromatic N) is 2. The Morgan fingerprint density at radius 3 is 2.73 bits per heavy atom. The summed E-state index contributed by atoms with van der Waals surface area (Å²) in [5.41, 5.74) is 1.03. The summed E-state index contributed by atoms with van der Waals surface area (Å²) in [7, 11) is -3.55. The van der Waals surface area contributed by atoms with Crippen molar-refractivity contribution < 1.29 is 12.8 Å². The molecule has 0 bridgehead atoms. The molecule has 0 aliphatic rings. The standard InChI is InChI=1S/C14H13N3O3S2/c1-10-4-5-13(21-10)22(18,19)17-9-11-14(16-7-6-15-11)12-3-2-8-20-12/h2-8,17H,9H2,1H3. The minimum atomic E-state index is -3.55. The van der Waals surface area contributed by atoms with Crippen LogP contribution < -0.4 is 4.72 Å². The maximum absolute atomic E-state index is 12.2. The van der Waals surface area contributed by atoms with Crippen LogP contribution in [0, 0.1) is 6.92 Å². The van der Waals surface area contributed by atoms with E-state index in [2.05, 4.69) is 14.7 Å². The Hall–Kier alpha value is -2.03. The summed E-state index contributed by atoms with van der Waals surface area (Å²) in [6.45, 7) is 1.91. The monoisotopic (exact) mass is 335 g/mol. The molecule has 1 N–H and O–H groups in total. The first kappa shape index (κ1) is 14.9. The normalized spacial score (nSPS) is 11.7. The molecule has 3 rings (SSSR count). The van der Waals surface area contributed by atoms with Crippen LogP contribution in [0.5, 0.6) is 0 Å². The zero-order chi connectivity index (χ0) is 15.6. The topological polar surface area (TPSA) is 85.1 Å². The van der Waals surface area contributed by atoms with Gasteiger partial charge in [0.15, 0.2) is 5.76 Å². The molecule has 114 valence electrons. The quantitative estimate of drug-likeness (QED) is 0.774. The molecule has 22 heavy (non-hydrogen) atoms. The SMILES string of the molecule is Cc1ccc(S(=O)(=O)NCc2nccnc2-c2ccco2)s1. The number of aryl methyl sites for hydroxylation is 1. The summed E-state index contributed by atoms with van der Waals surface area (Å²) in [6.07, 6.45) is 4.59. The van der Waals surface area contributed by atoms with Gasteiger partial charge in [0, 0.05) is 17.3 Å². The van der Waals surface area contributed by atoms with Crippen LogP contribution >= 0.6 is 11.3 Å². The first-order chi connectivity index (χ1) is 10.6. The molecule has 0 saturated carbocycles. The van der Waals surface area contributed by atoms with Crippen LogP contribution in [-0.4, -0.2) is 18.4 Å². The number of thiophene rings is 1. The van der Waals surface area contributed by atoms with E-state index in [-0.39, 0.29) is 10.8 Å². The first-order valence-corrected chi connectivity index (χ1v) is 8.76. The molecule has 3 aromatic rings. The first-order valence-electron chi connectivity index (χ1n) is 6.46. The molecule has 0 aromatic carbocycles. The Balaban J connectivity index is 1.83. The Morgan fingerprint density at radius 1 is 1.23 bits per heavy atom. The second kappa shape index (κ2) is 5.99. The van der Waals surface area contributed by atoms with Crippen molar-refractivity contribution in [3.63, 3.8) is 0 Å². The molecule has 0 spiro atoms. The molecule has 0 amide bonds. The Kier molecular flexibility index (Phi) is 4.06. The zero-order valence-electron chi connectivity index (χ0n) is 11.7. The summed E-state index contributed by atoms with van der Waals surface area (Å²) >= 11 is 1.23. The summed E-state index contributed by atoms with van der Waals surface area (Å²) in [5.74, 6) is 0.550. The van der Waals surface area contributed by atoms with Gasteiger partial charge >= 0.3 is 0 Å². The summed E-state index contributed by atoms with van der Waals surface area (Å²) < 4.78 is 32.6. The molecule has 8 heteroatoms. The predicted octanol–water partition coefficient (Wildman–Crippen LogP) is 2.59. The van der Waals surface area contributed by atoms with Gasteiger partial charge in [0.1, 0.15) is 9.90 Å². The van der Waals surface area contributed by atoms with E-state index in [9.17, 15) is 8.42 Å². The lowest BCUT2D eigenvalue weighted by atomic mass is 10.2. The van der Waals surface area contributed by atoms with E-state index >= 15 is 0 Å². The van der Waals surface area contributed by atoms with E-state index < -0.39 is 10.0 Å². The van der Waals surface area contributed by atoms with E-state index in [0.717, 1.165) is 4.88 Å². The van der Waals surface area contributed by atoms with Crippen molar-refractivity contribution in [2.24, 2.45) is 0 Å². The number of hydrogen-bond acceptors (Lipinski definition) is 6. The molecule has 0 atom stereocenters. The molecule has 0 aliphatic carbocycles. The van der Waals surface area contributed by atoms with E-state index in [0.29, 0.717) is 17.1 Å². The Labute approximate surface area is 131 Å². The van der Waals surface area contributed by atoms with Gasteiger partial charge in [-0.2, -0.15) is 0 Å². The highest BCUT2D eigenvalue weighted by Crippen LogP contribution is 2.22. The molecule has 3 aromatic heterocycles. The lowest BCUT2D eigenvalue weighted by Crippen LogP contribution is -2.23. The predicted molar refractivity (Wildman–Crippen MR) is 82.8 cm³/mol. The van der Waals surface area contributed by atoms with Crippen LogP contribution in [0.15, 0.2) is 51.5 Å². The van der Waals surface area contributed by atoms with Crippen LogP contribution in [0.1, 0.15) is 10.6 Å². The average molecular weight is 335 g/mol. The third-order valence-corrected chi connectivity index (χ3v) is 5.83. The maximum atomic E-state index is 12.2. The van der Waals surface area contributed by atoms with Crippen LogP contribution in [0.25, 0.3) is 11.5 Å². The zero-order valence-corrected chi connectivity index (χ0v) is 13.3. The maximum Gasteiger partial charge on any atom is 0.250 e. The number of hydrogen-bond donors (Lipinski definition) is 1. The molecule has 0 fully saturated rings. The van der Waals surface area contributed by atoms with Gasteiger partial charge in [-0.3, -0.25) is 4.98 Å². The van der Waals surface area contributed by atoms with Gasteiger partial charge in [0.05, 0.1) is 18.5 Å². The number of rotatable bonds is 5. The number of sulfonamides is 1. The van der Waals surface area contributed by atoms with Gasteiger partial charge in [0.2, 0.25) is 10.0 Å². The highest BCUT2D eigenvalue weighted by molar-refractivity contribution is 7.91. The van der Waals surface area contributed by atoms with Crippen molar-refractivity contribution in [1.29, 1.82) is 0 Å². The highest BCUT2D eigenvalue weighted by Gasteiger charge is 2.18. The fraction of sp³-hybridized carbons (Fsp3) is 0.143. The van der Waals surface area contributed by atoms with Crippen molar-refractivity contribution in [2.45, 2.75) is 17.7 Å². The highest BCUT2D eigenvalue weighted by atomic mass is 32.2. The van der Waals surface area contributed by atoms with Crippen LogP contribution in [0.3, 0.4) is 0 Å². The number of aromatic nitrogens is 2. The molecular formula is C14H13N3O3S2. The summed E-state index contributed by atoms with van der Waals surface area (Å²) in [4.78, 5) is 9.34. The lowest BCUT2D eigenvalue weighted by Gasteiger charge is -2.07. The summed E-state index contributed by atoms with van der Waals surface area (Å²) in [5, 5.41) is 0. The van der Waals surface area contributed by atoms with Crippen molar-refractivity contribution in [1.82, 2.24) is 14.7 Å². The molecular weight excluding hydrogens is 322 g/mol. The van der Waals surface area contributed by atoms with Crippen molar-refractivity contribution in [2.75, 3.05) is 0 Å². The lowest BCUT2D eigenvalue weighted by molar-refractivity contribution is 0.574. The fourth-order valence-corrected chi connectivity index (χ4v) is 4.22. The van der Waals surface area contributed by atoms with Crippen LogP contribution in [0.4, 0.5) is 0 Å². The molecule has 0 radical (unpaired) electrons. The summed E-state index contributed by atoms with van der Waals surface area (Å²) in [6, 6.07) is 6.86. The smallest absolute Gasteiger partial charge is 0.250 e. The van der Waals surface area contributed by atoms with Gasteiger partial charge in [-0.25, -0.2) is 18.1 Å². The molecule has 0 unspecified atom stereocenters. The second-order valence-corrected chi connectivity index (χ2v) is 7.80. The van der Waals surface area contributed by atoms with Crippen LogP contribution in [-0.2, 0) is 16.6 Å². The Bertz CT molecular complexity index is 870. The van der Waals surface area contributed by atoms with Gasteiger partial charge in [-0.05, 0) is 31.2 Å². The van der Waals surface area contributed by atoms with Crippen molar-refractivity contribution in [3.05, 3.63) is 53.5 Å². The number of furan rings is 1. The number of nitrogens with one attached hydrogen (secondary N) is 1. The van der Waals surface area contributed by atoms with E-state index in [4.69, 9.17) is 4.42 Å². The van der Waals surface area contributed by atoms with E-state index in [1.54, 1.807) is 30.5 Å². The van der Waals surface area contributed by atoms with E-state index in [1.807, 2.05) is 6.92 Å². The van der Waals surface area contributed by atoms with Gasteiger partial charge in [-0.1, -0.05) is 0 Å². The van der Waals surface area contributed by atoms with Crippen molar-refractivity contribution in [3.8, 4) is 11.5 Å². The van der Waals surface area contributed by atoms with Crippen LogP contribution in [0.2, 0.25) is 0 Å². The van der Waals surface area contributed by atoms with Crippen molar-refractivity contribution >= 4 is 21.4 Å². The average Bonchev–Trinajstić information content (AvgIpc) is 3.17. The molecule has 3 heterocycles. The molecule has 6 nitrogen and oxygen atoms in total. The van der Waals surface area contributed by atoms with E-state index in [1.165, 1.54) is 23.8 Å². The second-order valence-electron chi connectivity index (χ2n) is 4.52. The minimum Gasteiger partial charge on any atom is -0.463 e. The largest absolute Gasteiger partial charge is 0.463 e. The minimum absolute atomic E-state index is 0.0448.